The highest BCUT2D eigenvalue weighted by Gasteiger charge is 2.31. The van der Waals surface area contributed by atoms with Gasteiger partial charge in [0.25, 0.3) is 10.0 Å². The molecule has 1 aromatic rings. The summed E-state index contributed by atoms with van der Waals surface area (Å²) in [7, 11) is -1.82. The van der Waals surface area contributed by atoms with Crippen molar-refractivity contribution in [2.75, 3.05) is 45.1 Å². The number of pyridine rings is 1. The molecule has 0 aliphatic carbocycles. The van der Waals surface area contributed by atoms with E-state index in [9.17, 15) is 8.42 Å². The third-order valence-electron chi connectivity index (χ3n) is 3.58. The molecule has 118 valence electrons. The van der Waals surface area contributed by atoms with Gasteiger partial charge in [-0.25, -0.2) is 13.4 Å². The molecule has 0 saturated carbocycles. The summed E-state index contributed by atoms with van der Waals surface area (Å²) < 4.78 is 26.9. The predicted molar refractivity (Wildman–Crippen MR) is 83.8 cm³/mol. The van der Waals surface area contributed by atoms with Crippen LogP contribution in [0.4, 0.5) is 5.69 Å². The number of hydrogen-bond donors (Lipinski definition) is 1. The normalized spacial score (nSPS) is 18.1. The Kier molecular flexibility index (Phi) is 5.18. The molecular weight excluding hydrogens is 288 g/mol. The largest absolute Gasteiger partial charge is 0.386 e. The quantitative estimate of drug-likeness (QED) is 0.881. The fourth-order valence-corrected chi connectivity index (χ4v) is 4.11. The second-order valence-electron chi connectivity index (χ2n) is 5.70. The van der Waals surface area contributed by atoms with Crippen LogP contribution < -0.4 is 5.32 Å². The summed E-state index contributed by atoms with van der Waals surface area (Å²) in [5.74, 6) is 0.597. The summed E-state index contributed by atoms with van der Waals surface area (Å²) in [6, 6.07) is 3.46. The molecule has 6 nitrogen and oxygen atoms in total. The number of anilines is 1. The number of sulfonamides is 1. The Bertz CT molecular complexity index is 566. The Morgan fingerprint density at radius 1 is 1.29 bits per heavy atom. The SMILES string of the molecule is CNc1cccnc1S(=O)(=O)N1CCN(CC(C)C)CC1. The van der Waals surface area contributed by atoms with Crippen molar-refractivity contribution >= 4 is 15.7 Å². The molecule has 2 heterocycles. The number of nitrogens with zero attached hydrogens (tertiary/aromatic N) is 3. The summed E-state index contributed by atoms with van der Waals surface area (Å²) in [4.78, 5) is 6.37. The van der Waals surface area contributed by atoms with Crippen LogP contribution in [0.15, 0.2) is 23.4 Å². The number of hydrogen-bond acceptors (Lipinski definition) is 5. The van der Waals surface area contributed by atoms with Crippen LogP contribution >= 0.6 is 0 Å². The Labute approximate surface area is 127 Å². The summed E-state index contributed by atoms with van der Waals surface area (Å²) in [6.45, 7) is 7.97. The molecule has 1 N–H and O–H groups in total. The van der Waals surface area contributed by atoms with E-state index >= 15 is 0 Å². The van der Waals surface area contributed by atoms with E-state index in [2.05, 4.69) is 29.0 Å². The standard InChI is InChI=1S/C14H24N4O2S/c1-12(2)11-17-7-9-18(10-8-17)21(19,20)14-13(15-3)5-4-6-16-14/h4-6,12,15H,7-11H2,1-3H3. The first-order chi connectivity index (χ1) is 9.95. The van der Waals surface area contributed by atoms with Crippen LogP contribution in [0.25, 0.3) is 0 Å². The zero-order chi connectivity index (χ0) is 15.5. The van der Waals surface area contributed by atoms with Crippen LogP contribution in [0.2, 0.25) is 0 Å². The molecule has 1 fully saturated rings. The lowest BCUT2D eigenvalue weighted by molar-refractivity contribution is 0.172. The van der Waals surface area contributed by atoms with Crippen molar-refractivity contribution in [1.82, 2.24) is 14.2 Å². The van der Waals surface area contributed by atoms with Gasteiger partial charge in [0, 0.05) is 46.0 Å². The molecule has 2 rings (SSSR count). The number of nitrogens with one attached hydrogen (secondary N) is 1. The Balaban J connectivity index is 2.11. The molecule has 0 spiro atoms. The molecule has 0 bridgehead atoms. The van der Waals surface area contributed by atoms with E-state index in [1.807, 2.05) is 0 Å². The maximum atomic E-state index is 12.7. The van der Waals surface area contributed by atoms with Crippen LogP contribution in [-0.4, -0.2) is 62.4 Å². The van der Waals surface area contributed by atoms with Gasteiger partial charge in [0.2, 0.25) is 0 Å². The molecule has 21 heavy (non-hydrogen) atoms. The monoisotopic (exact) mass is 312 g/mol. The molecule has 1 aliphatic rings. The van der Waals surface area contributed by atoms with Gasteiger partial charge in [-0.2, -0.15) is 4.31 Å². The first-order valence-electron chi connectivity index (χ1n) is 7.30. The minimum absolute atomic E-state index is 0.116. The summed E-state index contributed by atoms with van der Waals surface area (Å²) in [6.07, 6.45) is 1.52. The van der Waals surface area contributed by atoms with Crippen LogP contribution in [0, 0.1) is 5.92 Å². The van der Waals surface area contributed by atoms with Gasteiger partial charge in [0.05, 0.1) is 5.69 Å². The lowest BCUT2D eigenvalue weighted by atomic mass is 10.2. The lowest BCUT2D eigenvalue weighted by Crippen LogP contribution is -2.49. The van der Waals surface area contributed by atoms with Crippen molar-refractivity contribution in [1.29, 1.82) is 0 Å². The van der Waals surface area contributed by atoms with Gasteiger partial charge in [-0.1, -0.05) is 13.8 Å². The first-order valence-corrected chi connectivity index (χ1v) is 8.74. The number of rotatable bonds is 5. The van der Waals surface area contributed by atoms with E-state index in [0.717, 1.165) is 19.6 Å². The maximum Gasteiger partial charge on any atom is 0.262 e. The highest BCUT2D eigenvalue weighted by Crippen LogP contribution is 2.22. The number of piperazine rings is 1. The predicted octanol–water partition coefficient (Wildman–Crippen LogP) is 1.09. The molecule has 7 heteroatoms. The van der Waals surface area contributed by atoms with E-state index in [4.69, 9.17) is 0 Å². The fraction of sp³-hybridized carbons (Fsp3) is 0.643. The summed E-state index contributed by atoms with van der Waals surface area (Å²) >= 11 is 0. The molecule has 1 aliphatic heterocycles. The van der Waals surface area contributed by atoms with Crippen LogP contribution in [0.3, 0.4) is 0 Å². The van der Waals surface area contributed by atoms with Gasteiger partial charge >= 0.3 is 0 Å². The van der Waals surface area contributed by atoms with E-state index in [1.54, 1.807) is 19.2 Å². The van der Waals surface area contributed by atoms with Gasteiger partial charge in [0.1, 0.15) is 0 Å². The minimum atomic E-state index is -3.52. The Hall–Kier alpha value is -1.18. The van der Waals surface area contributed by atoms with Gasteiger partial charge in [0.15, 0.2) is 5.03 Å². The zero-order valence-electron chi connectivity index (χ0n) is 12.9. The highest BCUT2D eigenvalue weighted by molar-refractivity contribution is 7.89. The van der Waals surface area contributed by atoms with Crippen molar-refractivity contribution in [3.05, 3.63) is 18.3 Å². The Morgan fingerprint density at radius 3 is 2.52 bits per heavy atom. The van der Waals surface area contributed by atoms with Gasteiger partial charge in [-0.3, -0.25) is 0 Å². The highest BCUT2D eigenvalue weighted by atomic mass is 32.2. The molecule has 0 atom stereocenters. The summed E-state index contributed by atoms with van der Waals surface area (Å²) in [5, 5.41) is 3.01. The van der Waals surface area contributed by atoms with Gasteiger partial charge in [-0.15, -0.1) is 0 Å². The van der Waals surface area contributed by atoms with E-state index < -0.39 is 10.0 Å². The van der Waals surface area contributed by atoms with Gasteiger partial charge < -0.3 is 10.2 Å². The average molecular weight is 312 g/mol. The minimum Gasteiger partial charge on any atom is -0.386 e. The molecule has 0 aromatic carbocycles. The van der Waals surface area contributed by atoms with Crippen molar-refractivity contribution < 1.29 is 8.42 Å². The van der Waals surface area contributed by atoms with Crippen LogP contribution in [0.1, 0.15) is 13.8 Å². The van der Waals surface area contributed by atoms with Gasteiger partial charge in [-0.05, 0) is 18.1 Å². The fourth-order valence-electron chi connectivity index (χ4n) is 2.58. The number of aromatic nitrogens is 1. The van der Waals surface area contributed by atoms with Crippen molar-refractivity contribution in [3.8, 4) is 0 Å². The third-order valence-corrected chi connectivity index (χ3v) is 5.44. The van der Waals surface area contributed by atoms with E-state index in [-0.39, 0.29) is 5.03 Å². The zero-order valence-corrected chi connectivity index (χ0v) is 13.7. The summed E-state index contributed by atoms with van der Waals surface area (Å²) in [5.41, 5.74) is 0.544. The van der Waals surface area contributed by atoms with Crippen LogP contribution in [0.5, 0.6) is 0 Å². The molecule has 0 radical (unpaired) electrons. The lowest BCUT2D eigenvalue weighted by Gasteiger charge is -2.34. The third kappa shape index (κ3) is 3.72. The second-order valence-corrected chi connectivity index (χ2v) is 7.56. The first kappa shape index (κ1) is 16.2. The topological polar surface area (TPSA) is 65.5 Å². The molecule has 1 saturated heterocycles. The molecule has 0 unspecified atom stereocenters. The second kappa shape index (κ2) is 6.72. The van der Waals surface area contributed by atoms with Crippen molar-refractivity contribution in [2.24, 2.45) is 5.92 Å². The van der Waals surface area contributed by atoms with Crippen molar-refractivity contribution in [3.63, 3.8) is 0 Å². The maximum absolute atomic E-state index is 12.7. The molecule has 0 amide bonds. The van der Waals surface area contributed by atoms with Crippen molar-refractivity contribution in [2.45, 2.75) is 18.9 Å². The van der Waals surface area contributed by atoms with Crippen LogP contribution in [-0.2, 0) is 10.0 Å². The van der Waals surface area contributed by atoms with E-state index in [1.165, 1.54) is 10.5 Å². The smallest absolute Gasteiger partial charge is 0.262 e. The molecular formula is C14H24N4O2S. The average Bonchev–Trinajstić information content (AvgIpc) is 2.47. The Morgan fingerprint density at radius 2 is 1.95 bits per heavy atom. The molecule has 1 aromatic heterocycles. The van der Waals surface area contributed by atoms with E-state index in [0.29, 0.717) is 24.7 Å².